The van der Waals surface area contributed by atoms with Crippen molar-refractivity contribution < 1.29 is 18.0 Å². The third-order valence-electron chi connectivity index (χ3n) is 4.35. The zero-order chi connectivity index (χ0) is 21.0. The molecule has 5 nitrogen and oxygen atoms in total. The first kappa shape index (κ1) is 20.8. The largest absolute Gasteiger partial charge is 0.321 e. The lowest BCUT2D eigenvalue weighted by Gasteiger charge is -2.12. The Morgan fingerprint density at radius 1 is 0.897 bits per heavy atom. The van der Waals surface area contributed by atoms with E-state index in [9.17, 15) is 18.0 Å². The van der Waals surface area contributed by atoms with Gasteiger partial charge in [-0.3, -0.25) is 9.59 Å². The van der Waals surface area contributed by atoms with Crippen LogP contribution >= 0.6 is 11.6 Å². The van der Waals surface area contributed by atoms with E-state index in [2.05, 4.69) is 5.32 Å². The van der Waals surface area contributed by atoms with Crippen molar-refractivity contribution in [3.8, 4) is 0 Å². The predicted octanol–water partition coefficient (Wildman–Crippen LogP) is 4.62. The second kappa shape index (κ2) is 8.59. The molecule has 0 radical (unpaired) electrons. The fourth-order valence-corrected chi connectivity index (χ4v) is 3.85. The van der Waals surface area contributed by atoms with E-state index in [0.717, 1.165) is 0 Å². The minimum absolute atomic E-state index is 0.0645. The zero-order valence-corrected chi connectivity index (χ0v) is 17.1. The molecule has 0 aliphatic carbocycles. The number of anilines is 1. The van der Waals surface area contributed by atoms with Gasteiger partial charge in [-0.15, -0.1) is 0 Å². The maximum Gasteiger partial charge on any atom is 0.255 e. The first-order valence-corrected chi connectivity index (χ1v) is 10.9. The lowest BCUT2D eigenvalue weighted by atomic mass is 10.0. The molecule has 148 valence electrons. The van der Waals surface area contributed by atoms with Crippen LogP contribution in [0.3, 0.4) is 0 Å². The van der Waals surface area contributed by atoms with E-state index in [1.165, 1.54) is 37.3 Å². The molecule has 0 saturated carbocycles. The van der Waals surface area contributed by atoms with Gasteiger partial charge < -0.3 is 5.32 Å². The van der Waals surface area contributed by atoms with Crippen LogP contribution in [-0.4, -0.2) is 25.9 Å². The van der Waals surface area contributed by atoms with Crippen molar-refractivity contribution in [1.82, 2.24) is 0 Å². The summed E-state index contributed by atoms with van der Waals surface area (Å²) >= 11 is 6.06. The zero-order valence-electron chi connectivity index (χ0n) is 15.6. The number of carbonyl (C=O) groups is 2. The minimum Gasteiger partial charge on any atom is -0.321 e. The number of ketones is 1. The molecule has 0 spiro atoms. The number of rotatable bonds is 6. The first-order valence-electron chi connectivity index (χ1n) is 8.85. The van der Waals surface area contributed by atoms with Gasteiger partial charge in [-0.25, -0.2) is 8.42 Å². The molecule has 0 unspecified atom stereocenters. The predicted molar refractivity (Wildman–Crippen MR) is 113 cm³/mol. The van der Waals surface area contributed by atoms with Gasteiger partial charge in [0.1, 0.15) is 0 Å². The molecule has 7 heteroatoms. The smallest absolute Gasteiger partial charge is 0.255 e. The molecule has 0 aromatic heterocycles. The van der Waals surface area contributed by atoms with Gasteiger partial charge in [0, 0.05) is 21.7 Å². The highest BCUT2D eigenvalue weighted by Gasteiger charge is 2.18. The Hall–Kier alpha value is -2.96. The van der Waals surface area contributed by atoms with Crippen LogP contribution in [0.1, 0.15) is 33.2 Å². The summed E-state index contributed by atoms with van der Waals surface area (Å²) in [5, 5.41) is 3.05. The van der Waals surface area contributed by atoms with Crippen molar-refractivity contribution in [2.75, 3.05) is 11.1 Å². The monoisotopic (exact) mass is 427 g/mol. The van der Waals surface area contributed by atoms with Crippen LogP contribution in [0.15, 0.2) is 77.7 Å². The van der Waals surface area contributed by atoms with E-state index in [-0.39, 0.29) is 33.2 Å². The van der Waals surface area contributed by atoms with Crippen LogP contribution in [0.25, 0.3) is 0 Å². The van der Waals surface area contributed by atoms with E-state index < -0.39 is 15.7 Å². The van der Waals surface area contributed by atoms with E-state index in [4.69, 9.17) is 11.6 Å². The van der Waals surface area contributed by atoms with Gasteiger partial charge in [0.05, 0.1) is 16.3 Å². The minimum atomic E-state index is -3.44. The summed E-state index contributed by atoms with van der Waals surface area (Å²) in [6, 6.07) is 19.0. The summed E-state index contributed by atoms with van der Waals surface area (Å²) in [5.74, 6) is -0.876. The Balaban J connectivity index is 1.94. The molecule has 0 fully saturated rings. The quantitative estimate of drug-likeness (QED) is 0.582. The summed E-state index contributed by atoms with van der Waals surface area (Å²) in [6.07, 6.45) is 0. The molecule has 1 N–H and O–H groups in total. The normalized spacial score (nSPS) is 11.1. The molecule has 3 aromatic rings. The van der Waals surface area contributed by atoms with E-state index in [0.29, 0.717) is 10.6 Å². The average Bonchev–Trinajstić information content (AvgIpc) is 2.75. The van der Waals surface area contributed by atoms with Gasteiger partial charge in [-0.05, 0) is 36.4 Å². The lowest BCUT2D eigenvalue weighted by Crippen LogP contribution is -2.16. The Morgan fingerprint density at radius 3 is 2.28 bits per heavy atom. The molecule has 3 aromatic carbocycles. The average molecular weight is 428 g/mol. The number of amides is 1. The van der Waals surface area contributed by atoms with Crippen LogP contribution in [-0.2, 0) is 9.84 Å². The number of hydrogen-bond donors (Lipinski definition) is 1. The molecule has 0 bridgehead atoms. The van der Waals surface area contributed by atoms with Crippen molar-refractivity contribution in [2.24, 2.45) is 0 Å². The summed E-state index contributed by atoms with van der Waals surface area (Å²) in [6.45, 7) is 1.54. The van der Waals surface area contributed by atoms with Crippen LogP contribution in [0, 0.1) is 0 Å². The third kappa shape index (κ3) is 4.72. The summed E-state index contributed by atoms with van der Waals surface area (Å²) in [4.78, 5) is 25.7. The molecule has 0 saturated heterocycles. The van der Waals surface area contributed by atoms with Crippen LogP contribution in [0.5, 0.6) is 0 Å². The highest BCUT2D eigenvalue weighted by molar-refractivity contribution is 7.91. The molecular formula is C22H18ClNO4S. The molecule has 29 heavy (non-hydrogen) atoms. The number of benzene rings is 3. The van der Waals surface area contributed by atoms with Gasteiger partial charge >= 0.3 is 0 Å². The van der Waals surface area contributed by atoms with E-state index >= 15 is 0 Å². The van der Waals surface area contributed by atoms with Crippen molar-refractivity contribution >= 4 is 38.8 Å². The number of halogens is 1. The SMILES string of the molecule is CCS(=O)(=O)c1cccc(C(=O)Nc2ccc(Cl)cc2C(=O)c2ccccc2)c1. The van der Waals surface area contributed by atoms with Crippen molar-refractivity contribution in [2.45, 2.75) is 11.8 Å². The second-order valence-electron chi connectivity index (χ2n) is 6.27. The fourth-order valence-electron chi connectivity index (χ4n) is 2.75. The van der Waals surface area contributed by atoms with Gasteiger partial charge in [0.15, 0.2) is 15.6 Å². The summed E-state index contributed by atoms with van der Waals surface area (Å²) < 4.78 is 24.2. The number of nitrogens with one attached hydrogen (secondary N) is 1. The molecule has 0 atom stereocenters. The van der Waals surface area contributed by atoms with Crippen molar-refractivity contribution in [1.29, 1.82) is 0 Å². The lowest BCUT2D eigenvalue weighted by molar-refractivity contribution is 0.102. The highest BCUT2D eigenvalue weighted by Crippen LogP contribution is 2.25. The maximum atomic E-state index is 12.9. The van der Waals surface area contributed by atoms with E-state index in [1.54, 1.807) is 42.5 Å². The molecule has 0 aliphatic heterocycles. The Bertz CT molecular complexity index is 1170. The van der Waals surface area contributed by atoms with Crippen LogP contribution < -0.4 is 5.32 Å². The number of carbonyl (C=O) groups excluding carboxylic acids is 2. The Morgan fingerprint density at radius 2 is 1.59 bits per heavy atom. The van der Waals surface area contributed by atoms with Gasteiger partial charge in [-0.1, -0.05) is 54.9 Å². The highest BCUT2D eigenvalue weighted by atomic mass is 35.5. The van der Waals surface area contributed by atoms with Crippen molar-refractivity contribution in [3.05, 3.63) is 94.5 Å². The second-order valence-corrected chi connectivity index (χ2v) is 8.99. The molecule has 3 rings (SSSR count). The fraction of sp³-hybridized carbons (Fsp3) is 0.0909. The van der Waals surface area contributed by atoms with Crippen LogP contribution in [0.4, 0.5) is 5.69 Å². The number of hydrogen-bond acceptors (Lipinski definition) is 4. The van der Waals surface area contributed by atoms with Gasteiger partial charge in [0.2, 0.25) is 0 Å². The standard InChI is InChI=1S/C22H18ClNO4S/c1-2-29(27,28)18-10-6-9-16(13-18)22(26)24-20-12-11-17(23)14-19(20)21(25)15-7-4-3-5-8-15/h3-14H,2H2,1H3,(H,24,26). The van der Waals surface area contributed by atoms with Crippen LogP contribution in [0.2, 0.25) is 5.02 Å². The van der Waals surface area contributed by atoms with Crippen molar-refractivity contribution in [3.63, 3.8) is 0 Å². The maximum absolute atomic E-state index is 12.9. The van der Waals surface area contributed by atoms with Gasteiger partial charge in [-0.2, -0.15) is 0 Å². The Labute approximate surface area is 174 Å². The third-order valence-corrected chi connectivity index (χ3v) is 6.31. The topological polar surface area (TPSA) is 80.3 Å². The summed E-state index contributed by atoms with van der Waals surface area (Å²) in [7, 11) is -3.44. The molecule has 1 amide bonds. The molecular weight excluding hydrogens is 410 g/mol. The summed E-state index contributed by atoms with van der Waals surface area (Å²) in [5.41, 5.74) is 1.17. The molecule has 0 heterocycles. The Kier molecular flexibility index (Phi) is 6.15. The number of sulfone groups is 1. The molecule has 0 aliphatic rings. The van der Waals surface area contributed by atoms with Gasteiger partial charge in [0.25, 0.3) is 5.91 Å². The first-order chi connectivity index (χ1) is 13.8. The van der Waals surface area contributed by atoms with E-state index in [1.807, 2.05) is 0 Å².